The summed E-state index contributed by atoms with van der Waals surface area (Å²) < 4.78 is 37.5. The van der Waals surface area contributed by atoms with Gasteiger partial charge < -0.3 is 16.4 Å². The molecule has 0 spiro atoms. The molecule has 0 saturated heterocycles. The Hall–Kier alpha value is -1.89. The van der Waals surface area contributed by atoms with Gasteiger partial charge in [0, 0.05) is 24.5 Å². The topological polar surface area (TPSA) is 92.4 Å². The van der Waals surface area contributed by atoms with E-state index in [9.17, 15) is 18.0 Å². The lowest BCUT2D eigenvalue weighted by molar-refractivity contribution is -0.140. The van der Waals surface area contributed by atoms with Crippen LogP contribution in [0.1, 0.15) is 26.6 Å². The van der Waals surface area contributed by atoms with E-state index in [4.69, 9.17) is 5.73 Å². The van der Waals surface area contributed by atoms with E-state index in [1.807, 2.05) is 0 Å². The first-order valence-electron chi connectivity index (χ1n) is 7.14. The highest BCUT2D eigenvalue weighted by Gasteiger charge is 2.33. The molecule has 4 N–H and O–H groups in total. The van der Waals surface area contributed by atoms with Gasteiger partial charge in [-0.05, 0) is 17.7 Å². The van der Waals surface area contributed by atoms with Crippen molar-refractivity contribution in [1.29, 1.82) is 0 Å². The van der Waals surface area contributed by atoms with Gasteiger partial charge >= 0.3 is 6.18 Å². The van der Waals surface area contributed by atoms with Crippen LogP contribution in [0.3, 0.4) is 0 Å². The van der Waals surface area contributed by atoms with Gasteiger partial charge in [0.15, 0.2) is 11.7 Å². The normalized spacial score (nSPS) is 11.6. The molecular weight excluding hydrogens is 482 g/mol. The summed E-state index contributed by atoms with van der Waals surface area (Å²) in [5.74, 6) is -0.0820. The maximum Gasteiger partial charge on any atom is 0.434 e. The second kappa shape index (κ2) is 9.71. The highest BCUT2D eigenvalue weighted by Crippen LogP contribution is 2.29. The molecule has 0 radical (unpaired) electrons. The Balaban J connectivity index is 0.00000338. The number of aromatic nitrogens is 1. The van der Waals surface area contributed by atoms with Crippen LogP contribution in [0.2, 0.25) is 0 Å². The molecule has 0 atom stereocenters. The quantitative estimate of drug-likeness (QED) is 0.335. The molecule has 2 rings (SSSR count). The first-order chi connectivity index (χ1) is 11.8. The summed E-state index contributed by atoms with van der Waals surface area (Å²) in [7, 11) is 1.55. The minimum atomic E-state index is -4.44. The summed E-state index contributed by atoms with van der Waals surface area (Å²) in [5.41, 5.74) is 5.58. The minimum Gasteiger partial charge on any atom is -0.366 e. The van der Waals surface area contributed by atoms with Gasteiger partial charge in [-0.15, -0.1) is 35.3 Å². The van der Waals surface area contributed by atoms with E-state index in [-0.39, 0.29) is 30.5 Å². The number of benzene rings is 1. The minimum absolute atomic E-state index is 0. The number of amides is 1. The van der Waals surface area contributed by atoms with Gasteiger partial charge in [0.1, 0.15) is 5.01 Å². The monoisotopic (exact) mass is 499 g/mol. The van der Waals surface area contributed by atoms with Gasteiger partial charge in [-0.1, -0.05) is 12.1 Å². The summed E-state index contributed by atoms with van der Waals surface area (Å²) in [6.07, 6.45) is -4.44. The van der Waals surface area contributed by atoms with E-state index in [0.717, 1.165) is 22.3 Å². The van der Waals surface area contributed by atoms with Gasteiger partial charge in [-0.25, -0.2) is 4.98 Å². The Labute approximate surface area is 169 Å². The average Bonchev–Trinajstić information content (AvgIpc) is 3.04. The molecule has 1 aromatic heterocycles. The molecule has 26 heavy (non-hydrogen) atoms. The van der Waals surface area contributed by atoms with Gasteiger partial charge in [0.25, 0.3) is 0 Å². The highest BCUT2D eigenvalue weighted by atomic mass is 127. The number of aliphatic imine (C=N–C) groups is 1. The van der Waals surface area contributed by atoms with E-state index < -0.39 is 17.8 Å². The Morgan fingerprint density at radius 3 is 2.35 bits per heavy atom. The predicted octanol–water partition coefficient (Wildman–Crippen LogP) is 2.74. The lowest BCUT2D eigenvalue weighted by atomic mass is 10.1. The lowest BCUT2D eigenvalue weighted by Crippen LogP contribution is -2.36. The van der Waals surface area contributed by atoms with Crippen LogP contribution in [-0.2, 0) is 19.3 Å². The number of nitrogens with two attached hydrogens (primary N) is 1. The van der Waals surface area contributed by atoms with E-state index in [1.165, 1.54) is 0 Å². The van der Waals surface area contributed by atoms with Gasteiger partial charge in [0.05, 0.1) is 6.54 Å². The zero-order valence-corrected chi connectivity index (χ0v) is 16.8. The summed E-state index contributed by atoms with van der Waals surface area (Å²) >= 11 is 0.927. The smallest absolute Gasteiger partial charge is 0.366 e. The SMILES string of the molecule is CN=C(NCc1ccc(C(N)=O)cc1)NCc1nc(C(F)(F)F)cs1.I. The van der Waals surface area contributed by atoms with Crippen molar-refractivity contribution in [2.45, 2.75) is 19.3 Å². The zero-order chi connectivity index (χ0) is 18.4. The fourth-order valence-corrected chi connectivity index (χ4v) is 2.62. The molecule has 11 heteroatoms. The van der Waals surface area contributed by atoms with Crippen LogP contribution >= 0.6 is 35.3 Å². The molecule has 2 aromatic rings. The number of nitrogens with zero attached hydrogens (tertiary/aromatic N) is 2. The number of halogens is 4. The van der Waals surface area contributed by atoms with Crippen LogP contribution in [-0.4, -0.2) is 23.9 Å². The van der Waals surface area contributed by atoms with Crippen LogP contribution in [0.15, 0.2) is 34.6 Å². The van der Waals surface area contributed by atoms with Crippen molar-refractivity contribution in [2.75, 3.05) is 7.05 Å². The molecular formula is C15H17F3IN5OS. The number of carbonyl (C=O) groups is 1. The number of nitrogens with one attached hydrogen (secondary N) is 2. The van der Waals surface area contributed by atoms with Crippen molar-refractivity contribution < 1.29 is 18.0 Å². The number of thiazole rings is 1. The first kappa shape index (κ1) is 22.2. The number of alkyl halides is 3. The molecule has 0 unspecified atom stereocenters. The maximum absolute atomic E-state index is 12.5. The maximum atomic E-state index is 12.5. The molecule has 0 fully saturated rings. The molecule has 0 aliphatic carbocycles. The van der Waals surface area contributed by atoms with E-state index >= 15 is 0 Å². The zero-order valence-electron chi connectivity index (χ0n) is 13.6. The summed E-state index contributed by atoms with van der Waals surface area (Å²) in [6, 6.07) is 6.72. The number of primary amides is 1. The van der Waals surface area contributed by atoms with Crippen molar-refractivity contribution >= 4 is 47.2 Å². The van der Waals surface area contributed by atoms with Gasteiger partial charge in [-0.2, -0.15) is 13.2 Å². The Morgan fingerprint density at radius 2 is 1.85 bits per heavy atom. The molecule has 0 bridgehead atoms. The number of hydrogen-bond acceptors (Lipinski definition) is 4. The number of carbonyl (C=O) groups excluding carboxylic acids is 1. The van der Waals surface area contributed by atoms with Crippen LogP contribution in [0.4, 0.5) is 13.2 Å². The standard InChI is InChI=1S/C15H16F3N5OS.HI/c1-20-14(21-6-9-2-4-10(5-3-9)13(19)24)22-7-12-23-11(8-25-12)15(16,17)18;/h2-5,8H,6-7H2,1H3,(H2,19,24)(H2,20,21,22);1H. The second-order valence-corrected chi connectivity index (χ2v) is 5.91. The third kappa shape index (κ3) is 6.44. The summed E-state index contributed by atoms with van der Waals surface area (Å²) in [4.78, 5) is 18.5. The highest BCUT2D eigenvalue weighted by molar-refractivity contribution is 14.0. The number of rotatable bonds is 5. The third-order valence-corrected chi connectivity index (χ3v) is 4.02. The fraction of sp³-hybridized carbons (Fsp3) is 0.267. The lowest BCUT2D eigenvalue weighted by Gasteiger charge is -2.11. The molecule has 1 amide bonds. The summed E-state index contributed by atoms with van der Waals surface area (Å²) in [5, 5.41) is 7.20. The van der Waals surface area contributed by atoms with E-state index in [0.29, 0.717) is 23.1 Å². The van der Waals surface area contributed by atoms with Crippen molar-refractivity contribution in [3.63, 3.8) is 0 Å². The van der Waals surface area contributed by atoms with Crippen LogP contribution in [0.25, 0.3) is 0 Å². The Bertz CT molecular complexity index is 761. The second-order valence-electron chi connectivity index (χ2n) is 4.96. The molecule has 0 aliphatic rings. The largest absolute Gasteiger partial charge is 0.434 e. The molecule has 0 aliphatic heterocycles. The molecule has 142 valence electrons. The molecule has 6 nitrogen and oxygen atoms in total. The van der Waals surface area contributed by atoms with Crippen molar-refractivity contribution in [3.8, 4) is 0 Å². The van der Waals surface area contributed by atoms with Crippen LogP contribution in [0, 0.1) is 0 Å². The van der Waals surface area contributed by atoms with E-state index in [2.05, 4.69) is 20.6 Å². The molecule has 0 saturated carbocycles. The van der Waals surface area contributed by atoms with Crippen molar-refractivity contribution in [1.82, 2.24) is 15.6 Å². The fourth-order valence-electron chi connectivity index (χ4n) is 1.87. The van der Waals surface area contributed by atoms with Crippen molar-refractivity contribution in [3.05, 3.63) is 51.5 Å². The van der Waals surface area contributed by atoms with E-state index in [1.54, 1.807) is 31.3 Å². The van der Waals surface area contributed by atoms with Gasteiger partial charge in [-0.3, -0.25) is 9.79 Å². The van der Waals surface area contributed by atoms with Crippen molar-refractivity contribution in [2.24, 2.45) is 10.7 Å². The van der Waals surface area contributed by atoms with Gasteiger partial charge in [0.2, 0.25) is 5.91 Å². The van der Waals surface area contributed by atoms with Crippen LogP contribution in [0.5, 0.6) is 0 Å². The number of guanidine groups is 1. The molecule has 1 aromatic carbocycles. The van der Waals surface area contributed by atoms with Crippen LogP contribution < -0.4 is 16.4 Å². The average molecular weight is 499 g/mol. The number of hydrogen-bond donors (Lipinski definition) is 3. The third-order valence-electron chi connectivity index (χ3n) is 3.17. The Morgan fingerprint density at radius 1 is 1.23 bits per heavy atom. The first-order valence-corrected chi connectivity index (χ1v) is 8.02. The summed E-state index contributed by atoms with van der Waals surface area (Å²) in [6.45, 7) is 0.547. The predicted molar refractivity (Wildman–Crippen MR) is 105 cm³/mol. The molecule has 1 heterocycles. The Kier molecular flexibility index (Phi) is 8.27.